The van der Waals surface area contributed by atoms with Crippen molar-refractivity contribution in [3.8, 4) is 17.1 Å². The van der Waals surface area contributed by atoms with Crippen LogP contribution in [0.15, 0.2) is 53.9 Å². The van der Waals surface area contributed by atoms with Crippen molar-refractivity contribution in [2.75, 3.05) is 12.3 Å². The number of carbonyl (C=O) groups excluding carboxylic acids is 1. The van der Waals surface area contributed by atoms with Crippen LogP contribution in [0, 0.1) is 0 Å². The number of nitrogens with one attached hydrogen (secondary N) is 1. The second kappa shape index (κ2) is 10.7. The monoisotopic (exact) mass is 433 g/mol. The Hall–Kier alpha value is -3.01. The van der Waals surface area contributed by atoms with E-state index in [-0.39, 0.29) is 17.4 Å². The van der Waals surface area contributed by atoms with Gasteiger partial charge in [-0.25, -0.2) is 0 Å². The van der Waals surface area contributed by atoms with E-state index in [1.54, 1.807) is 24.5 Å². The number of thioether (sulfide) groups is 1. The van der Waals surface area contributed by atoms with Gasteiger partial charge in [0.25, 0.3) is 0 Å². The second-order valence-corrected chi connectivity index (χ2v) is 7.14. The molecule has 10 heteroatoms. The van der Waals surface area contributed by atoms with Gasteiger partial charge < -0.3 is 14.6 Å². The van der Waals surface area contributed by atoms with Crippen LogP contribution in [-0.4, -0.2) is 44.6 Å². The van der Waals surface area contributed by atoms with Crippen molar-refractivity contribution >= 4 is 17.7 Å². The number of nitrogens with zero attached hydrogens (tertiary/aromatic N) is 4. The first-order chi connectivity index (χ1) is 14.6. The summed E-state index contributed by atoms with van der Waals surface area (Å²) in [7, 11) is 0. The Morgan fingerprint density at radius 2 is 1.90 bits per heavy atom. The van der Waals surface area contributed by atoms with Crippen molar-refractivity contribution in [1.82, 2.24) is 25.1 Å². The van der Waals surface area contributed by atoms with Crippen molar-refractivity contribution in [2.24, 2.45) is 0 Å². The summed E-state index contributed by atoms with van der Waals surface area (Å²) < 4.78 is 30.6. The molecule has 2 heterocycles. The number of halogens is 2. The van der Waals surface area contributed by atoms with Gasteiger partial charge in [0.05, 0.1) is 5.75 Å². The first-order valence-electron chi connectivity index (χ1n) is 9.33. The van der Waals surface area contributed by atoms with Crippen molar-refractivity contribution < 1.29 is 18.3 Å². The average Bonchev–Trinajstić information content (AvgIpc) is 3.17. The van der Waals surface area contributed by atoms with Gasteiger partial charge in [0.15, 0.2) is 11.0 Å². The zero-order valence-electron chi connectivity index (χ0n) is 16.3. The van der Waals surface area contributed by atoms with E-state index in [1.807, 2.05) is 23.6 Å². The Labute approximate surface area is 176 Å². The summed E-state index contributed by atoms with van der Waals surface area (Å²) >= 11 is 1.32. The van der Waals surface area contributed by atoms with E-state index in [1.165, 1.54) is 23.9 Å². The number of pyridine rings is 1. The number of hydrogen-bond acceptors (Lipinski definition) is 6. The molecule has 0 bridgehead atoms. The number of carbonyl (C=O) groups is 1. The maximum absolute atomic E-state index is 12.2. The standard InChI is InChI=1S/C20H21F2N5O2S/c1-2-27-18(15-8-10-23-11-9-15)25-26-20(27)30-13-17(28)24-12-7-14-3-5-16(6-4-14)29-19(21)22/h3-6,8-11,19H,2,7,12-13H2,1H3,(H,24,28). The van der Waals surface area contributed by atoms with E-state index in [4.69, 9.17) is 0 Å². The molecule has 3 aromatic rings. The lowest BCUT2D eigenvalue weighted by atomic mass is 10.1. The average molecular weight is 433 g/mol. The lowest BCUT2D eigenvalue weighted by molar-refractivity contribution is -0.118. The predicted octanol–water partition coefficient (Wildman–Crippen LogP) is 3.41. The van der Waals surface area contributed by atoms with Crippen LogP contribution in [0.25, 0.3) is 11.4 Å². The summed E-state index contributed by atoms with van der Waals surface area (Å²) in [6.45, 7) is 0.277. The molecule has 158 valence electrons. The molecule has 0 aliphatic carbocycles. The fourth-order valence-corrected chi connectivity index (χ4v) is 3.59. The van der Waals surface area contributed by atoms with E-state index in [0.29, 0.717) is 24.7 Å². The molecule has 0 aliphatic rings. The first-order valence-corrected chi connectivity index (χ1v) is 10.3. The summed E-state index contributed by atoms with van der Waals surface area (Å²) in [6.07, 6.45) is 3.98. The van der Waals surface area contributed by atoms with E-state index < -0.39 is 6.61 Å². The van der Waals surface area contributed by atoms with Gasteiger partial charge >= 0.3 is 6.61 Å². The van der Waals surface area contributed by atoms with Crippen LogP contribution in [0.2, 0.25) is 0 Å². The van der Waals surface area contributed by atoms with Gasteiger partial charge in [-0.3, -0.25) is 9.78 Å². The highest BCUT2D eigenvalue weighted by Gasteiger charge is 2.14. The zero-order valence-corrected chi connectivity index (χ0v) is 17.1. The highest BCUT2D eigenvalue weighted by Crippen LogP contribution is 2.23. The molecule has 30 heavy (non-hydrogen) atoms. The molecule has 0 aliphatic heterocycles. The van der Waals surface area contributed by atoms with Crippen LogP contribution in [0.3, 0.4) is 0 Å². The number of ether oxygens (including phenoxy) is 1. The number of alkyl halides is 2. The molecule has 0 radical (unpaired) electrons. The SMILES string of the molecule is CCn1c(SCC(=O)NCCc2ccc(OC(F)F)cc2)nnc1-c1ccncc1. The van der Waals surface area contributed by atoms with Gasteiger partial charge in [0.2, 0.25) is 5.91 Å². The summed E-state index contributed by atoms with van der Waals surface area (Å²) in [5.74, 6) is 0.950. The Kier molecular flexibility index (Phi) is 7.72. The Morgan fingerprint density at radius 3 is 2.57 bits per heavy atom. The summed E-state index contributed by atoms with van der Waals surface area (Å²) in [5.41, 5.74) is 1.83. The van der Waals surface area contributed by atoms with E-state index in [0.717, 1.165) is 17.0 Å². The number of hydrogen-bond donors (Lipinski definition) is 1. The Balaban J connectivity index is 1.46. The van der Waals surface area contributed by atoms with Crippen LogP contribution >= 0.6 is 11.8 Å². The highest BCUT2D eigenvalue weighted by molar-refractivity contribution is 7.99. The van der Waals surface area contributed by atoms with Crippen LogP contribution in [0.4, 0.5) is 8.78 Å². The molecular weight excluding hydrogens is 412 g/mol. The molecule has 0 spiro atoms. The molecule has 0 fully saturated rings. The molecule has 1 amide bonds. The smallest absolute Gasteiger partial charge is 0.387 e. The minimum absolute atomic E-state index is 0.111. The van der Waals surface area contributed by atoms with Gasteiger partial charge in [0, 0.05) is 31.0 Å². The molecule has 0 atom stereocenters. The fourth-order valence-electron chi connectivity index (χ4n) is 2.76. The van der Waals surface area contributed by atoms with Crippen molar-refractivity contribution in [3.05, 3.63) is 54.4 Å². The van der Waals surface area contributed by atoms with Crippen LogP contribution in [0.5, 0.6) is 5.75 Å². The fraction of sp³-hybridized carbons (Fsp3) is 0.300. The third kappa shape index (κ3) is 5.99. The zero-order chi connectivity index (χ0) is 21.3. The van der Waals surface area contributed by atoms with Crippen LogP contribution < -0.4 is 10.1 Å². The molecule has 3 rings (SSSR count). The van der Waals surface area contributed by atoms with E-state index in [2.05, 4.69) is 25.2 Å². The topological polar surface area (TPSA) is 81.9 Å². The normalized spacial score (nSPS) is 10.9. The third-order valence-electron chi connectivity index (χ3n) is 4.19. The Bertz CT molecular complexity index is 952. The molecule has 1 N–H and O–H groups in total. The Morgan fingerprint density at radius 1 is 1.17 bits per heavy atom. The van der Waals surface area contributed by atoms with Gasteiger partial charge in [-0.2, -0.15) is 8.78 Å². The van der Waals surface area contributed by atoms with Crippen molar-refractivity contribution in [3.63, 3.8) is 0 Å². The summed E-state index contributed by atoms with van der Waals surface area (Å²) in [6, 6.07) is 10.1. The quantitative estimate of drug-likeness (QED) is 0.494. The van der Waals surface area contributed by atoms with Crippen molar-refractivity contribution in [2.45, 2.75) is 31.7 Å². The summed E-state index contributed by atoms with van der Waals surface area (Å²) in [4.78, 5) is 16.2. The molecule has 7 nitrogen and oxygen atoms in total. The maximum Gasteiger partial charge on any atom is 0.387 e. The van der Waals surface area contributed by atoms with E-state index >= 15 is 0 Å². The lowest BCUT2D eigenvalue weighted by Crippen LogP contribution is -2.27. The van der Waals surface area contributed by atoms with Crippen molar-refractivity contribution in [1.29, 1.82) is 0 Å². The molecule has 0 saturated carbocycles. The van der Waals surface area contributed by atoms with Crippen LogP contribution in [0.1, 0.15) is 12.5 Å². The molecule has 2 aromatic heterocycles. The van der Waals surface area contributed by atoms with Crippen LogP contribution in [-0.2, 0) is 17.8 Å². The van der Waals surface area contributed by atoms with Gasteiger partial charge in [0.1, 0.15) is 5.75 Å². The summed E-state index contributed by atoms with van der Waals surface area (Å²) in [5, 5.41) is 12.0. The minimum atomic E-state index is -2.84. The first kappa shape index (κ1) is 21.7. The number of aromatic nitrogens is 4. The van der Waals surface area contributed by atoms with Gasteiger partial charge in [-0.05, 0) is 43.2 Å². The molecule has 0 unspecified atom stereocenters. The van der Waals surface area contributed by atoms with Gasteiger partial charge in [-0.15, -0.1) is 10.2 Å². The highest BCUT2D eigenvalue weighted by atomic mass is 32.2. The second-order valence-electron chi connectivity index (χ2n) is 6.20. The minimum Gasteiger partial charge on any atom is -0.435 e. The number of benzene rings is 1. The molecular formula is C20H21F2N5O2S. The largest absolute Gasteiger partial charge is 0.435 e. The maximum atomic E-state index is 12.2. The lowest BCUT2D eigenvalue weighted by Gasteiger charge is -2.08. The predicted molar refractivity (Wildman–Crippen MR) is 109 cm³/mol. The number of amides is 1. The molecule has 1 aromatic carbocycles. The van der Waals surface area contributed by atoms with E-state index in [9.17, 15) is 13.6 Å². The number of rotatable bonds is 10. The third-order valence-corrected chi connectivity index (χ3v) is 5.16. The van der Waals surface area contributed by atoms with Gasteiger partial charge in [-0.1, -0.05) is 23.9 Å². The molecule has 0 saturated heterocycles.